The highest BCUT2D eigenvalue weighted by atomic mass is 16.5. The Morgan fingerprint density at radius 3 is 2.33 bits per heavy atom. The third-order valence-electron chi connectivity index (χ3n) is 6.04. The highest BCUT2D eigenvalue weighted by Crippen LogP contribution is 2.37. The largest absolute Gasteiger partial charge is 0.394 e. The minimum Gasteiger partial charge on any atom is -0.394 e. The summed E-state index contributed by atoms with van der Waals surface area (Å²) in [6.07, 6.45) is 3.70. The van der Waals surface area contributed by atoms with E-state index in [2.05, 4.69) is 13.8 Å². The van der Waals surface area contributed by atoms with E-state index in [9.17, 15) is 25.2 Å². The van der Waals surface area contributed by atoms with E-state index in [-0.39, 0.29) is 11.7 Å². The van der Waals surface area contributed by atoms with E-state index < -0.39 is 37.1 Å². The van der Waals surface area contributed by atoms with Crippen LogP contribution in [0.3, 0.4) is 0 Å². The minimum absolute atomic E-state index is 0.0615. The maximum atomic E-state index is 12.8. The molecule has 0 aromatic rings. The number of aliphatic hydroxyl groups excluding tert-OH is 4. The predicted octanol–water partition coefficient (Wildman–Crippen LogP) is 1.73. The molecule has 27 heavy (non-hydrogen) atoms. The summed E-state index contributed by atoms with van der Waals surface area (Å²) in [4.78, 5) is 12.8. The molecule has 1 aliphatic heterocycles. The monoisotopic (exact) mass is 384 g/mol. The Balaban J connectivity index is 2.21. The van der Waals surface area contributed by atoms with E-state index in [1.165, 1.54) is 0 Å². The van der Waals surface area contributed by atoms with Crippen LogP contribution in [0.4, 0.5) is 0 Å². The number of ketones is 1. The highest BCUT2D eigenvalue weighted by molar-refractivity contribution is 5.97. The second kappa shape index (κ2) is 10.7. The van der Waals surface area contributed by atoms with E-state index in [0.29, 0.717) is 17.9 Å². The van der Waals surface area contributed by atoms with Gasteiger partial charge in [0.25, 0.3) is 0 Å². The van der Waals surface area contributed by atoms with Crippen LogP contribution in [0.2, 0.25) is 0 Å². The molecule has 0 amide bonds. The normalized spacial score (nSPS) is 37.3. The molecule has 0 aromatic carbocycles. The number of carbonyl (C=O) groups excluding carboxylic acids is 1. The summed E-state index contributed by atoms with van der Waals surface area (Å²) >= 11 is 0. The molecule has 1 aliphatic carbocycles. The highest BCUT2D eigenvalue weighted by Gasteiger charge is 2.47. The number of carbonyl (C=O) groups is 1. The van der Waals surface area contributed by atoms with Crippen LogP contribution in [0.25, 0.3) is 0 Å². The fraction of sp³-hybridized carbons (Fsp3) is 0.857. The molecule has 0 aromatic heterocycles. The number of hydrogen-bond acceptors (Lipinski definition) is 6. The number of ether oxygens (including phenoxy) is 1. The molecule has 7 atom stereocenters. The fourth-order valence-electron chi connectivity index (χ4n) is 4.31. The van der Waals surface area contributed by atoms with Gasteiger partial charge in [0.05, 0.1) is 6.61 Å². The molecule has 6 nitrogen and oxygen atoms in total. The zero-order valence-electron chi connectivity index (χ0n) is 16.6. The van der Waals surface area contributed by atoms with Crippen molar-refractivity contribution >= 4 is 5.78 Å². The molecule has 0 bridgehead atoms. The van der Waals surface area contributed by atoms with E-state index in [0.717, 1.165) is 44.9 Å². The Hall–Kier alpha value is -0.790. The lowest BCUT2D eigenvalue weighted by Crippen LogP contribution is -2.59. The summed E-state index contributed by atoms with van der Waals surface area (Å²) in [6.45, 7) is 3.82. The molecule has 156 valence electrons. The van der Waals surface area contributed by atoms with Gasteiger partial charge in [-0.2, -0.15) is 0 Å². The van der Waals surface area contributed by atoms with E-state index >= 15 is 0 Å². The SMILES string of the molecule is CCCCC[C@H]1CC(=O)C(C2OC(CO)C(O)C(O)C2O)=C[C@H]1CCCC. The van der Waals surface area contributed by atoms with Gasteiger partial charge in [-0.05, 0) is 24.7 Å². The summed E-state index contributed by atoms with van der Waals surface area (Å²) in [5, 5.41) is 39.8. The van der Waals surface area contributed by atoms with E-state index in [1.807, 2.05) is 6.08 Å². The number of Topliss-reactive ketones (excluding diaryl/α,β-unsaturated/α-hetero) is 1. The second-order valence-corrected chi connectivity index (χ2v) is 8.06. The first-order valence-electron chi connectivity index (χ1n) is 10.5. The van der Waals surface area contributed by atoms with Crippen LogP contribution in [-0.4, -0.2) is 63.3 Å². The maximum Gasteiger partial charge on any atom is 0.161 e. The summed E-state index contributed by atoms with van der Waals surface area (Å²) in [5.74, 6) is 0.500. The van der Waals surface area contributed by atoms with Gasteiger partial charge in [-0.25, -0.2) is 0 Å². The Morgan fingerprint density at radius 2 is 1.70 bits per heavy atom. The first kappa shape index (κ1) is 22.5. The van der Waals surface area contributed by atoms with Crippen molar-refractivity contribution in [3.63, 3.8) is 0 Å². The van der Waals surface area contributed by atoms with Gasteiger partial charge in [-0.1, -0.05) is 52.0 Å². The minimum atomic E-state index is -1.45. The van der Waals surface area contributed by atoms with Crippen molar-refractivity contribution in [3.8, 4) is 0 Å². The Bertz CT molecular complexity index is 503. The van der Waals surface area contributed by atoms with E-state index in [1.54, 1.807) is 0 Å². The number of rotatable bonds is 9. The van der Waals surface area contributed by atoms with Crippen molar-refractivity contribution in [3.05, 3.63) is 11.6 Å². The number of aliphatic hydroxyl groups is 4. The van der Waals surface area contributed by atoms with Crippen LogP contribution < -0.4 is 0 Å². The molecule has 1 heterocycles. The second-order valence-electron chi connectivity index (χ2n) is 8.06. The van der Waals surface area contributed by atoms with Gasteiger partial charge in [-0.15, -0.1) is 0 Å². The Kier molecular flexibility index (Phi) is 8.89. The van der Waals surface area contributed by atoms with Crippen molar-refractivity contribution in [1.29, 1.82) is 0 Å². The van der Waals surface area contributed by atoms with Gasteiger partial charge in [0.2, 0.25) is 0 Å². The molecular weight excluding hydrogens is 348 g/mol. The van der Waals surface area contributed by atoms with Gasteiger partial charge >= 0.3 is 0 Å². The first-order valence-corrected chi connectivity index (χ1v) is 10.5. The van der Waals surface area contributed by atoms with Crippen molar-refractivity contribution in [2.75, 3.05) is 6.61 Å². The molecule has 0 spiro atoms. The first-order chi connectivity index (χ1) is 12.9. The van der Waals surface area contributed by atoms with Crippen molar-refractivity contribution in [2.24, 2.45) is 11.8 Å². The van der Waals surface area contributed by atoms with Gasteiger partial charge in [0.1, 0.15) is 30.5 Å². The van der Waals surface area contributed by atoms with Crippen LogP contribution in [0, 0.1) is 11.8 Å². The third kappa shape index (κ3) is 5.39. The lowest BCUT2D eigenvalue weighted by Gasteiger charge is -2.42. The average molecular weight is 385 g/mol. The zero-order valence-corrected chi connectivity index (χ0v) is 16.6. The standard InChI is InChI=1S/C21H36O6/c1-3-5-7-9-14-11-16(23)15(10-13(14)8-6-4-2)21-20(26)19(25)18(24)17(12-22)27-21/h10,13-14,17-22,24-26H,3-9,11-12H2,1-2H3/t13-,14+,17?,18?,19?,20?,21?/m1/s1. The molecule has 1 fully saturated rings. The van der Waals surface area contributed by atoms with Gasteiger partial charge in [0, 0.05) is 12.0 Å². The van der Waals surface area contributed by atoms with Crippen molar-refractivity contribution in [2.45, 2.75) is 95.7 Å². The molecule has 5 unspecified atom stereocenters. The van der Waals surface area contributed by atoms with Crippen LogP contribution in [0.15, 0.2) is 11.6 Å². The molecule has 0 saturated carbocycles. The fourth-order valence-corrected chi connectivity index (χ4v) is 4.31. The molecule has 2 aliphatic rings. The van der Waals surface area contributed by atoms with Gasteiger partial charge in [-0.3, -0.25) is 4.79 Å². The van der Waals surface area contributed by atoms with Crippen LogP contribution in [0.5, 0.6) is 0 Å². The van der Waals surface area contributed by atoms with Gasteiger partial charge in [0.15, 0.2) is 5.78 Å². The lowest BCUT2D eigenvalue weighted by atomic mass is 9.73. The molecule has 6 heteroatoms. The van der Waals surface area contributed by atoms with Crippen LogP contribution in [0.1, 0.15) is 65.2 Å². The van der Waals surface area contributed by atoms with Crippen LogP contribution in [-0.2, 0) is 9.53 Å². The summed E-state index contributed by atoms with van der Waals surface area (Å²) < 4.78 is 5.63. The van der Waals surface area contributed by atoms with Crippen LogP contribution >= 0.6 is 0 Å². The lowest BCUT2D eigenvalue weighted by molar-refractivity contribution is -0.220. The Labute approximate surface area is 162 Å². The van der Waals surface area contributed by atoms with Crippen molar-refractivity contribution < 1.29 is 30.0 Å². The zero-order chi connectivity index (χ0) is 20.0. The third-order valence-corrected chi connectivity index (χ3v) is 6.04. The summed E-state index contributed by atoms with van der Waals surface area (Å²) in [6, 6.07) is 0. The molecule has 1 saturated heterocycles. The predicted molar refractivity (Wildman–Crippen MR) is 102 cm³/mol. The molecule has 4 N–H and O–H groups in total. The Morgan fingerprint density at radius 1 is 1.00 bits per heavy atom. The molecular formula is C21H36O6. The van der Waals surface area contributed by atoms with Gasteiger partial charge < -0.3 is 25.2 Å². The van der Waals surface area contributed by atoms with E-state index in [4.69, 9.17) is 4.74 Å². The quantitative estimate of drug-likeness (QED) is 0.451. The summed E-state index contributed by atoms with van der Waals surface area (Å²) in [5.41, 5.74) is 0.389. The smallest absolute Gasteiger partial charge is 0.161 e. The molecule has 2 rings (SSSR count). The molecule has 0 radical (unpaired) electrons. The number of hydrogen-bond donors (Lipinski definition) is 4. The topological polar surface area (TPSA) is 107 Å². The number of unbranched alkanes of at least 4 members (excludes halogenated alkanes) is 3. The van der Waals surface area contributed by atoms with Crippen molar-refractivity contribution in [1.82, 2.24) is 0 Å². The summed E-state index contributed by atoms with van der Waals surface area (Å²) in [7, 11) is 0. The average Bonchev–Trinajstić information content (AvgIpc) is 2.66. The number of allylic oxidation sites excluding steroid dienone is 1. The maximum absolute atomic E-state index is 12.8.